The van der Waals surface area contributed by atoms with Crippen LogP contribution in [0.5, 0.6) is 11.5 Å². The second kappa shape index (κ2) is 12.6. The molecular formula is C33H37N5O2. The molecule has 0 saturated carbocycles. The van der Waals surface area contributed by atoms with E-state index in [2.05, 4.69) is 48.3 Å². The van der Waals surface area contributed by atoms with Gasteiger partial charge in [-0.25, -0.2) is 15.0 Å². The summed E-state index contributed by atoms with van der Waals surface area (Å²) in [4.78, 5) is 15.0. The van der Waals surface area contributed by atoms with Crippen LogP contribution in [0.2, 0.25) is 0 Å². The number of aryl methyl sites for hydroxylation is 2. The van der Waals surface area contributed by atoms with Crippen LogP contribution in [0, 0.1) is 0 Å². The number of pyridine rings is 1. The van der Waals surface area contributed by atoms with Crippen molar-refractivity contribution in [1.29, 1.82) is 0 Å². The fourth-order valence-corrected chi connectivity index (χ4v) is 4.95. The van der Waals surface area contributed by atoms with Crippen LogP contribution in [-0.2, 0) is 13.1 Å². The first kappa shape index (κ1) is 27.2. The minimum atomic E-state index is 0.657. The fraction of sp³-hybridized carbons (Fsp3) is 0.303. The molecule has 0 N–H and O–H groups in total. The highest BCUT2D eigenvalue weighted by Crippen LogP contribution is 2.30. The van der Waals surface area contributed by atoms with E-state index in [1.54, 1.807) is 0 Å². The van der Waals surface area contributed by atoms with Gasteiger partial charge in [0.2, 0.25) is 0 Å². The van der Waals surface area contributed by atoms with Gasteiger partial charge in [-0.1, -0.05) is 18.2 Å². The van der Waals surface area contributed by atoms with Crippen molar-refractivity contribution in [3.63, 3.8) is 0 Å². The summed E-state index contributed by atoms with van der Waals surface area (Å²) in [5, 5.41) is 0. The van der Waals surface area contributed by atoms with Gasteiger partial charge in [0.15, 0.2) is 11.6 Å². The molecule has 7 heteroatoms. The zero-order valence-electron chi connectivity index (χ0n) is 23.5. The Labute approximate surface area is 235 Å². The molecule has 0 saturated heterocycles. The SMILES string of the molecule is C=CCCCOc1ccc2c(c1)nc(-c1cccc(-c3nc4cc(OCCCC=C)ccc4n3CC)n1)n2CC. The number of hydrogen-bond acceptors (Lipinski definition) is 5. The third-order valence-corrected chi connectivity index (χ3v) is 6.92. The Morgan fingerprint density at radius 2 is 1.15 bits per heavy atom. The molecule has 2 aromatic carbocycles. The maximum atomic E-state index is 5.94. The van der Waals surface area contributed by atoms with Crippen molar-refractivity contribution in [1.82, 2.24) is 24.1 Å². The Morgan fingerprint density at radius 3 is 1.57 bits per heavy atom. The molecule has 0 unspecified atom stereocenters. The molecule has 0 atom stereocenters. The van der Waals surface area contributed by atoms with Crippen LogP contribution in [0.1, 0.15) is 39.5 Å². The molecule has 0 aliphatic rings. The van der Waals surface area contributed by atoms with Gasteiger partial charge in [-0.3, -0.25) is 0 Å². The quantitative estimate of drug-likeness (QED) is 0.107. The smallest absolute Gasteiger partial charge is 0.159 e. The molecule has 3 aromatic heterocycles. The van der Waals surface area contributed by atoms with E-state index < -0.39 is 0 Å². The first-order chi connectivity index (χ1) is 19.7. The Morgan fingerprint density at radius 1 is 0.675 bits per heavy atom. The van der Waals surface area contributed by atoms with Crippen molar-refractivity contribution < 1.29 is 9.47 Å². The lowest BCUT2D eigenvalue weighted by Crippen LogP contribution is -2.02. The number of unbranched alkanes of at least 4 members (excludes halogenated alkanes) is 2. The Hall–Kier alpha value is -4.39. The Bertz CT molecular complexity index is 1510. The zero-order valence-corrected chi connectivity index (χ0v) is 23.5. The lowest BCUT2D eigenvalue weighted by molar-refractivity contribution is 0.312. The molecule has 7 nitrogen and oxygen atoms in total. The summed E-state index contributed by atoms with van der Waals surface area (Å²) < 4.78 is 16.3. The van der Waals surface area contributed by atoms with E-state index in [-0.39, 0.29) is 0 Å². The summed E-state index contributed by atoms with van der Waals surface area (Å²) in [5.41, 5.74) is 5.53. The van der Waals surface area contributed by atoms with Crippen molar-refractivity contribution in [3.8, 4) is 34.5 Å². The minimum absolute atomic E-state index is 0.657. The van der Waals surface area contributed by atoms with Gasteiger partial charge in [0.05, 0.1) is 35.3 Å². The van der Waals surface area contributed by atoms with Crippen LogP contribution in [0.25, 0.3) is 45.1 Å². The van der Waals surface area contributed by atoms with E-state index in [9.17, 15) is 0 Å². The second-order valence-electron chi connectivity index (χ2n) is 9.63. The number of imidazole rings is 2. The van der Waals surface area contributed by atoms with Gasteiger partial charge in [-0.2, -0.15) is 0 Å². The summed E-state index contributed by atoms with van der Waals surface area (Å²) in [7, 11) is 0. The van der Waals surface area contributed by atoms with E-state index in [1.807, 2.05) is 54.6 Å². The third kappa shape index (κ3) is 5.64. The molecular weight excluding hydrogens is 498 g/mol. The molecule has 0 bridgehead atoms. The first-order valence-corrected chi connectivity index (χ1v) is 14.1. The van der Waals surface area contributed by atoms with Gasteiger partial charge in [0.1, 0.15) is 22.9 Å². The molecule has 40 heavy (non-hydrogen) atoms. The zero-order chi connectivity index (χ0) is 27.9. The first-order valence-electron chi connectivity index (χ1n) is 14.1. The van der Waals surface area contributed by atoms with E-state index in [1.165, 1.54) is 0 Å². The Kier molecular flexibility index (Phi) is 8.59. The summed E-state index contributed by atoms with van der Waals surface area (Å²) in [6.07, 6.45) is 7.60. The van der Waals surface area contributed by atoms with Crippen LogP contribution in [-0.4, -0.2) is 37.3 Å². The summed E-state index contributed by atoms with van der Waals surface area (Å²) in [5.74, 6) is 3.31. The molecule has 0 aliphatic heterocycles. The van der Waals surface area contributed by atoms with Crippen molar-refractivity contribution in [2.75, 3.05) is 13.2 Å². The molecule has 3 heterocycles. The molecule has 0 spiro atoms. The third-order valence-electron chi connectivity index (χ3n) is 6.92. The van der Waals surface area contributed by atoms with Crippen LogP contribution in [0.4, 0.5) is 0 Å². The van der Waals surface area contributed by atoms with Crippen molar-refractivity contribution in [3.05, 3.63) is 79.9 Å². The average Bonchev–Trinajstić information content (AvgIpc) is 3.55. The lowest BCUT2D eigenvalue weighted by atomic mass is 10.2. The number of rotatable bonds is 14. The highest BCUT2D eigenvalue weighted by atomic mass is 16.5. The summed E-state index contributed by atoms with van der Waals surface area (Å²) in [6.45, 7) is 14.7. The molecule has 5 rings (SSSR count). The standard InChI is InChI=1S/C33H37N5O2/c1-5-9-11-20-39-24-16-18-30-28(22-24)35-32(37(30)7-3)26-14-13-15-27(34-26)33-36-29-23-25(40-21-12-10-6-2)17-19-31(29)38(33)8-4/h5-6,13-19,22-23H,1-2,7-12,20-21H2,3-4H3. The Balaban J connectivity index is 1.47. The maximum absolute atomic E-state index is 5.94. The normalized spacial score (nSPS) is 11.2. The lowest BCUT2D eigenvalue weighted by Gasteiger charge is -2.09. The van der Waals surface area contributed by atoms with E-state index in [0.29, 0.717) is 13.2 Å². The van der Waals surface area contributed by atoms with Gasteiger partial charge >= 0.3 is 0 Å². The van der Waals surface area contributed by atoms with E-state index >= 15 is 0 Å². The largest absolute Gasteiger partial charge is 0.494 e. The van der Waals surface area contributed by atoms with Crippen LogP contribution in [0.3, 0.4) is 0 Å². The van der Waals surface area contributed by atoms with Crippen molar-refractivity contribution in [2.24, 2.45) is 0 Å². The van der Waals surface area contributed by atoms with Gasteiger partial charge in [-0.15, -0.1) is 13.2 Å². The van der Waals surface area contributed by atoms with Crippen LogP contribution < -0.4 is 9.47 Å². The molecule has 0 fully saturated rings. The second-order valence-corrected chi connectivity index (χ2v) is 9.63. The predicted molar refractivity (Wildman–Crippen MR) is 163 cm³/mol. The average molecular weight is 536 g/mol. The molecule has 0 amide bonds. The van der Waals surface area contributed by atoms with Gasteiger partial charge in [-0.05, 0) is 75.9 Å². The minimum Gasteiger partial charge on any atom is -0.494 e. The highest BCUT2D eigenvalue weighted by Gasteiger charge is 2.17. The van der Waals surface area contributed by atoms with Crippen molar-refractivity contribution in [2.45, 2.75) is 52.6 Å². The molecule has 0 radical (unpaired) electrons. The summed E-state index contributed by atoms with van der Waals surface area (Å²) in [6, 6.07) is 18.3. The van der Waals surface area contributed by atoms with Crippen molar-refractivity contribution >= 4 is 22.1 Å². The van der Waals surface area contributed by atoms with Gasteiger partial charge in [0, 0.05) is 25.2 Å². The van der Waals surface area contributed by atoms with Gasteiger partial charge < -0.3 is 18.6 Å². The topological polar surface area (TPSA) is 67.0 Å². The number of hydrogen-bond donors (Lipinski definition) is 0. The number of ether oxygens (including phenoxy) is 2. The van der Waals surface area contributed by atoms with E-state index in [0.717, 1.165) is 95.4 Å². The monoisotopic (exact) mass is 535 g/mol. The maximum Gasteiger partial charge on any atom is 0.159 e. The highest BCUT2D eigenvalue weighted by molar-refractivity contribution is 5.83. The van der Waals surface area contributed by atoms with Crippen LogP contribution in [0.15, 0.2) is 79.9 Å². The number of nitrogens with zero attached hydrogens (tertiary/aromatic N) is 5. The van der Waals surface area contributed by atoms with Crippen LogP contribution >= 0.6 is 0 Å². The fourth-order valence-electron chi connectivity index (χ4n) is 4.95. The number of aromatic nitrogens is 5. The molecule has 5 aromatic rings. The number of benzene rings is 2. The summed E-state index contributed by atoms with van der Waals surface area (Å²) >= 11 is 0. The van der Waals surface area contributed by atoms with E-state index in [4.69, 9.17) is 24.4 Å². The van der Waals surface area contributed by atoms with Gasteiger partial charge in [0.25, 0.3) is 0 Å². The number of fused-ring (bicyclic) bond motifs is 2. The number of allylic oxidation sites excluding steroid dienone is 2. The molecule has 0 aliphatic carbocycles. The predicted octanol–water partition coefficient (Wildman–Crippen LogP) is 7.84. The molecule has 206 valence electrons.